The Kier molecular flexibility index (Phi) is 4.23. The average molecular weight is 430 g/mol. The minimum atomic E-state index is -0.975. The van der Waals surface area contributed by atoms with E-state index in [1.807, 2.05) is 61.5 Å². The van der Waals surface area contributed by atoms with Crippen molar-refractivity contribution in [1.82, 2.24) is 10.1 Å². The Morgan fingerprint density at radius 1 is 0.848 bits per heavy atom. The maximum atomic E-state index is 12.0. The van der Waals surface area contributed by atoms with Crippen LogP contribution in [-0.2, 0) is 0 Å². The number of rotatable bonds is 3. The number of nitrogens with zero attached hydrogens (tertiary/aromatic N) is 2. The lowest BCUT2D eigenvalue weighted by Crippen LogP contribution is -2.01. The first-order valence-electron chi connectivity index (χ1n) is 10.6. The molecule has 2 aromatic heterocycles. The molecule has 0 fully saturated rings. The van der Waals surface area contributed by atoms with Gasteiger partial charge in [-0.2, -0.15) is 0 Å². The quantitative estimate of drug-likeness (QED) is 0.331. The van der Waals surface area contributed by atoms with Crippen LogP contribution in [0.1, 0.15) is 15.9 Å². The number of carbonyl (C=O) groups is 1. The monoisotopic (exact) mass is 430 g/mol. The number of aromatic carboxylic acids is 1. The molecular formula is C28H18N2O3. The number of para-hydroxylation sites is 1. The Hall–Kier alpha value is -4.51. The van der Waals surface area contributed by atoms with Gasteiger partial charge >= 0.3 is 5.97 Å². The van der Waals surface area contributed by atoms with Crippen molar-refractivity contribution in [3.05, 3.63) is 96.1 Å². The SMILES string of the molecule is Cc1cccc2c(C(=O)O)cc(-c3ccc4noc(-c5cccc6ccccc56)c4c3)nc12. The van der Waals surface area contributed by atoms with Gasteiger partial charge in [-0.1, -0.05) is 71.9 Å². The van der Waals surface area contributed by atoms with E-state index >= 15 is 0 Å². The van der Waals surface area contributed by atoms with E-state index in [1.165, 1.54) is 0 Å². The number of benzene rings is 4. The standard InChI is InChI=1S/C28H18N2O3/c1-16-6-4-10-20-22(28(31)32)15-25(29-26(16)20)18-12-13-24-23(14-18)27(33-30-24)21-11-5-8-17-7-2-3-9-19(17)21/h2-15H,1H3,(H,31,32). The van der Waals surface area contributed by atoms with E-state index in [-0.39, 0.29) is 5.56 Å². The van der Waals surface area contributed by atoms with Crippen LogP contribution in [0.25, 0.3) is 55.2 Å². The van der Waals surface area contributed by atoms with Gasteiger partial charge in [0, 0.05) is 16.5 Å². The topological polar surface area (TPSA) is 76.2 Å². The van der Waals surface area contributed by atoms with Crippen molar-refractivity contribution < 1.29 is 14.4 Å². The predicted molar refractivity (Wildman–Crippen MR) is 129 cm³/mol. The molecule has 0 unspecified atom stereocenters. The summed E-state index contributed by atoms with van der Waals surface area (Å²) in [6, 6.07) is 27.2. The summed E-state index contributed by atoms with van der Waals surface area (Å²) in [5.74, 6) is -0.296. The van der Waals surface area contributed by atoms with Gasteiger partial charge in [0.2, 0.25) is 0 Å². The minimum absolute atomic E-state index is 0.235. The van der Waals surface area contributed by atoms with Crippen molar-refractivity contribution in [2.24, 2.45) is 0 Å². The van der Waals surface area contributed by atoms with Gasteiger partial charge in [-0.3, -0.25) is 0 Å². The van der Waals surface area contributed by atoms with Gasteiger partial charge in [0.1, 0.15) is 5.52 Å². The fourth-order valence-electron chi connectivity index (χ4n) is 4.44. The van der Waals surface area contributed by atoms with Crippen LogP contribution in [0, 0.1) is 6.92 Å². The molecule has 0 aliphatic heterocycles. The lowest BCUT2D eigenvalue weighted by Gasteiger charge is -2.09. The molecule has 0 bridgehead atoms. The lowest BCUT2D eigenvalue weighted by molar-refractivity contribution is 0.0699. The Morgan fingerprint density at radius 3 is 2.52 bits per heavy atom. The molecule has 6 aromatic rings. The number of pyridine rings is 1. The fourth-order valence-corrected chi connectivity index (χ4v) is 4.44. The Bertz CT molecular complexity index is 1710. The molecule has 0 aliphatic rings. The molecule has 4 aromatic carbocycles. The van der Waals surface area contributed by atoms with Crippen molar-refractivity contribution >= 4 is 38.5 Å². The molecule has 2 heterocycles. The molecule has 0 saturated carbocycles. The second-order valence-corrected chi connectivity index (χ2v) is 8.10. The zero-order valence-corrected chi connectivity index (χ0v) is 17.7. The summed E-state index contributed by atoms with van der Waals surface area (Å²) in [6.07, 6.45) is 0. The summed E-state index contributed by atoms with van der Waals surface area (Å²) < 4.78 is 5.79. The van der Waals surface area contributed by atoms with Crippen LogP contribution in [0.5, 0.6) is 0 Å². The number of carboxylic acid groups (broad SMARTS) is 1. The van der Waals surface area contributed by atoms with Gasteiger partial charge in [0.25, 0.3) is 0 Å². The van der Waals surface area contributed by atoms with E-state index in [0.717, 1.165) is 38.4 Å². The van der Waals surface area contributed by atoms with Crippen LogP contribution in [0.4, 0.5) is 0 Å². The first-order valence-corrected chi connectivity index (χ1v) is 10.6. The third kappa shape index (κ3) is 3.05. The minimum Gasteiger partial charge on any atom is -0.478 e. The number of hydrogen-bond acceptors (Lipinski definition) is 4. The largest absolute Gasteiger partial charge is 0.478 e. The van der Waals surface area contributed by atoms with Crippen LogP contribution < -0.4 is 0 Å². The van der Waals surface area contributed by atoms with Crippen molar-refractivity contribution in [2.75, 3.05) is 0 Å². The first kappa shape index (κ1) is 19.2. The van der Waals surface area contributed by atoms with Gasteiger partial charge < -0.3 is 9.63 Å². The maximum Gasteiger partial charge on any atom is 0.336 e. The molecule has 0 radical (unpaired) electrons. The van der Waals surface area contributed by atoms with Crippen LogP contribution >= 0.6 is 0 Å². The molecule has 0 amide bonds. The fraction of sp³-hybridized carbons (Fsp3) is 0.0357. The summed E-state index contributed by atoms with van der Waals surface area (Å²) in [5, 5.41) is 17.8. The number of aromatic nitrogens is 2. The molecule has 6 rings (SSSR count). The van der Waals surface area contributed by atoms with Gasteiger partial charge in [-0.05, 0) is 41.5 Å². The lowest BCUT2D eigenvalue weighted by atomic mass is 9.98. The molecule has 0 saturated heterocycles. The summed E-state index contributed by atoms with van der Waals surface area (Å²) >= 11 is 0. The highest BCUT2D eigenvalue weighted by Crippen LogP contribution is 2.36. The van der Waals surface area contributed by atoms with Crippen LogP contribution in [-0.4, -0.2) is 21.2 Å². The summed E-state index contributed by atoms with van der Waals surface area (Å²) in [6.45, 7) is 1.94. The van der Waals surface area contributed by atoms with Gasteiger partial charge in [0.05, 0.1) is 22.2 Å². The van der Waals surface area contributed by atoms with E-state index in [1.54, 1.807) is 12.1 Å². The Labute approximate surface area is 188 Å². The Balaban J connectivity index is 1.59. The van der Waals surface area contributed by atoms with E-state index in [4.69, 9.17) is 9.51 Å². The molecule has 5 heteroatoms. The van der Waals surface area contributed by atoms with E-state index in [2.05, 4.69) is 23.4 Å². The predicted octanol–water partition coefficient (Wildman–Crippen LogP) is 6.87. The summed E-state index contributed by atoms with van der Waals surface area (Å²) in [7, 11) is 0. The van der Waals surface area contributed by atoms with E-state index < -0.39 is 5.97 Å². The van der Waals surface area contributed by atoms with Crippen LogP contribution in [0.3, 0.4) is 0 Å². The molecular weight excluding hydrogens is 412 g/mol. The average Bonchev–Trinajstić information content (AvgIpc) is 3.26. The third-order valence-corrected chi connectivity index (χ3v) is 6.08. The molecule has 33 heavy (non-hydrogen) atoms. The second kappa shape index (κ2) is 7.28. The normalized spacial score (nSPS) is 11.4. The van der Waals surface area contributed by atoms with E-state index in [0.29, 0.717) is 22.4 Å². The van der Waals surface area contributed by atoms with Gasteiger partial charge in [-0.15, -0.1) is 0 Å². The summed E-state index contributed by atoms with van der Waals surface area (Å²) in [4.78, 5) is 16.8. The zero-order valence-electron chi connectivity index (χ0n) is 17.7. The molecule has 158 valence electrons. The highest BCUT2D eigenvalue weighted by molar-refractivity contribution is 6.06. The van der Waals surface area contributed by atoms with Gasteiger partial charge in [0.15, 0.2) is 5.76 Å². The third-order valence-electron chi connectivity index (χ3n) is 6.08. The van der Waals surface area contributed by atoms with Crippen molar-refractivity contribution in [1.29, 1.82) is 0 Å². The molecule has 0 aliphatic carbocycles. The van der Waals surface area contributed by atoms with Crippen LogP contribution in [0.2, 0.25) is 0 Å². The second-order valence-electron chi connectivity index (χ2n) is 8.10. The van der Waals surface area contributed by atoms with Crippen molar-refractivity contribution in [3.63, 3.8) is 0 Å². The van der Waals surface area contributed by atoms with Crippen molar-refractivity contribution in [2.45, 2.75) is 6.92 Å². The maximum absolute atomic E-state index is 12.0. The molecule has 0 spiro atoms. The first-order chi connectivity index (χ1) is 16.1. The number of carboxylic acids is 1. The highest BCUT2D eigenvalue weighted by atomic mass is 16.5. The number of aryl methyl sites for hydroxylation is 1. The van der Waals surface area contributed by atoms with Crippen molar-refractivity contribution in [3.8, 4) is 22.6 Å². The zero-order chi connectivity index (χ0) is 22.5. The van der Waals surface area contributed by atoms with Crippen LogP contribution in [0.15, 0.2) is 89.5 Å². The highest BCUT2D eigenvalue weighted by Gasteiger charge is 2.17. The smallest absolute Gasteiger partial charge is 0.336 e. The molecule has 5 nitrogen and oxygen atoms in total. The Morgan fingerprint density at radius 2 is 1.64 bits per heavy atom. The molecule has 1 N–H and O–H groups in total. The number of fused-ring (bicyclic) bond motifs is 3. The van der Waals surface area contributed by atoms with Gasteiger partial charge in [-0.25, -0.2) is 9.78 Å². The number of hydrogen-bond donors (Lipinski definition) is 1. The summed E-state index contributed by atoms with van der Waals surface area (Å²) in [5.41, 5.74) is 4.95. The van der Waals surface area contributed by atoms with E-state index in [9.17, 15) is 9.90 Å². The molecule has 0 atom stereocenters.